The molecule has 4 rings (SSSR count). The van der Waals surface area contributed by atoms with Gasteiger partial charge in [0.05, 0.1) is 16.8 Å². The molecule has 3 atom stereocenters. The Morgan fingerprint density at radius 3 is 2.82 bits per heavy atom. The summed E-state index contributed by atoms with van der Waals surface area (Å²) in [5, 5.41) is 5.09. The lowest BCUT2D eigenvalue weighted by Crippen LogP contribution is -2.29. The number of hydrogen-bond acceptors (Lipinski definition) is 1. The maximum Gasteiger partial charge on any atom is 0.0655 e. The lowest BCUT2D eigenvalue weighted by molar-refractivity contribution is 0.425. The standard InChI is InChI=1S/C19H17Cl2N/c1-11-4-2-5-12(8-11)18-15-7-3-6-14(15)16-9-13(20)10-17(21)19(16)22-18/h2-6,8-10,14-15,18,22H,7H2,1H3. The molecule has 1 aliphatic heterocycles. The lowest BCUT2D eigenvalue weighted by Gasteiger charge is -2.38. The number of rotatable bonds is 1. The van der Waals surface area contributed by atoms with Gasteiger partial charge in [-0.2, -0.15) is 0 Å². The highest BCUT2D eigenvalue weighted by atomic mass is 35.5. The topological polar surface area (TPSA) is 12.0 Å². The fourth-order valence-electron chi connectivity index (χ4n) is 3.81. The molecule has 0 fully saturated rings. The van der Waals surface area contributed by atoms with Crippen LogP contribution < -0.4 is 5.32 Å². The van der Waals surface area contributed by atoms with Crippen molar-refractivity contribution < 1.29 is 0 Å². The first-order valence-electron chi connectivity index (χ1n) is 7.62. The van der Waals surface area contributed by atoms with Crippen LogP contribution in [0.2, 0.25) is 10.0 Å². The molecular weight excluding hydrogens is 313 g/mol. The Labute approximate surface area is 140 Å². The fourth-order valence-corrected chi connectivity index (χ4v) is 4.38. The second-order valence-corrected chi connectivity index (χ2v) is 7.09. The van der Waals surface area contributed by atoms with E-state index in [1.165, 1.54) is 16.7 Å². The van der Waals surface area contributed by atoms with Crippen molar-refractivity contribution in [3.05, 3.63) is 75.3 Å². The van der Waals surface area contributed by atoms with E-state index in [-0.39, 0.29) is 6.04 Å². The van der Waals surface area contributed by atoms with Gasteiger partial charge in [0.1, 0.15) is 0 Å². The van der Waals surface area contributed by atoms with Crippen molar-refractivity contribution >= 4 is 28.9 Å². The van der Waals surface area contributed by atoms with Gasteiger partial charge in [0.25, 0.3) is 0 Å². The Kier molecular flexibility index (Phi) is 3.43. The normalized spacial score (nSPS) is 25.5. The molecule has 0 aromatic heterocycles. The first-order chi connectivity index (χ1) is 10.6. The average Bonchev–Trinajstić information content (AvgIpc) is 2.96. The third-order valence-electron chi connectivity index (χ3n) is 4.79. The molecule has 2 aliphatic rings. The molecule has 112 valence electrons. The number of aryl methyl sites for hydroxylation is 1. The largest absolute Gasteiger partial charge is 0.376 e. The predicted molar refractivity (Wildman–Crippen MR) is 94.0 cm³/mol. The van der Waals surface area contributed by atoms with Crippen LogP contribution in [0.5, 0.6) is 0 Å². The van der Waals surface area contributed by atoms with Gasteiger partial charge < -0.3 is 5.32 Å². The summed E-state index contributed by atoms with van der Waals surface area (Å²) in [5.74, 6) is 0.904. The molecule has 0 saturated carbocycles. The molecule has 2 aromatic rings. The van der Waals surface area contributed by atoms with E-state index in [4.69, 9.17) is 23.2 Å². The highest BCUT2D eigenvalue weighted by Gasteiger charge is 2.38. The number of hydrogen-bond donors (Lipinski definition) is 1. The van der Waals surface area contributed by atoms with Crippen LogP contribution >= 0.6 is 23.2 Å². The smallest absolute Gasteiger partial charge is 0.0655 e. The van der Waals surface area contributed by atoms with Gasteiger partial charge >= 0.3 is 0 Å². The van der Waals surface area contributed by atoms with Crippen molar-refractivity contribution in [3.63, 3.8) is 0 Å². The van der Waals surface area contributed by atoms with Crippen molar-refractivity contribution in [2.45, 2.75) is 25.3 Å². The number of benzene rings is 2. The molecular formula is C19H17Cl2N. The Morgan fingerprint density at radius 1 is 1.14 bits per heavy atom. The zero-order valence-corrected chi connectivity index (χ0v) is 13.8. The molecule has 0 spiro atoms. The molecule has 1 heterocycles. The minimum atomic E-state index is 0.283. The molecule has 1 N–H and O–H groups in total. The van der Waals surface area contributed by atoms with E-state index in [0.29, 0.717) is 21.9 Å². The van der Waals surface area contributed by atoms with Crippen LogP contribution in [0.25, 0.3) is 0 Å². The second-order valence-electron chi connectivity index (χ2n) is 6.24. The molecule has 0 radical (unpaired) electrons. The molecule has 2 aromatic carbocycles. The second kappa shape index (κ2) is 5.33. The minimum absolute atomic E-state index is 0.283. The van der Waals surface area contributed by atoms with E-state index in [2.05, 4.69) is 54.7 Å². The zero-order chi connectivity index (χ0) is 15.3. The SMILES string of the molecule is Cc1cccc(C2Nc3c(Cl)cc(Cl)cc3C3C=CCC32)c1. The summed E-state index contributed by atoms with van der Waals surface area (Å²) in [6.07, 6.45) is 5.67. The van der Waals surface area contributed by atoms with Crippen LogP contribution in [0.4, 0.5) is 5.69 Å². The van der Waals surface area contributed by atoms with Crippen molar-refractivity contribution in [1.29, 1.82) is 0 Å². The molecule has 0 bridgehead atoms. The van der Waals surface area contributed by atoms with Crippen molar-refractivity contribution in [2.24, 2.45) is 5.92 Å². The average molecular weight is 330 g/mol. The first-order valence-corrected chi connectivity index (χ1v) is 8.38. The lowest BCUT2D eigenvalue weighted by atomic mass is 9.77. The summed E-state index contributed by atoms with van der Waals surface area (Å²) < 4.78 is 0. The summed E-state index contributed by atoms with van der Waals surface area (Å²) in [4.78, 5) is 0. The third-order valence-corrected chi connectivity index (χ3v) is 5.30. The molecule has 1 nitrogen and oxygen atoms in total. The highest BCUT2D eigenvalue weighted by molar-refractivity contribution is 6.36. The van der Waals surface area contributed by atoms with Gasteiger partial charge in [-0.15, -0.1) is 0 Å². The Morgan fingerprint density at radius 2 is 2.00 bits per heavy atom. The highest BCUT2D eigenvalue weighted by Crippen LogP contribution is 2.52. The van der Waals surface area contributed by atoms with E-state index < -0.39 is 0 Å². The maximum atomic E-state index is 6.45. The van der Waals surface area contributed by atoms with Gasteiger partial charge in [-0.1, -0.05) is 65.2 Å². The predicted octanol–water partition coefficient (Wildman–Crippen LogP) is 6.13. The molecule has 1 aliphatic carbocycles. The van der Waals surface area contributed by atoms with E-state index in [0.717, 1.165) is 12.1 Å². The maximum absolute atomic E-state index is 6.45. The molecule has 3 unspecified atom stereocenters. The van der Waals surface area contributed by atoms with Crippen LogP contribution in [0.15, 0.2) is 48.6 Å². The summed E-state index contributed by atoms with van der Waals surface area (Å²) in [7, 11) is 0. The van der Waals surface area contributed by atoms with Gasteiger partial charge in [-0.05, 0) is 42.5 Å². The fraction of sp³-hybridized carbons (Fsp3) is 0.263. The zero-order valence-electron chi connectivity index (χ0n) is 12.3. The quantitative estimate of drug-likeness (QED) is 0.620. The van der Waals surface area contributed by atoms with Crippen LogP contribution in [-0.4, -0.2) is 0 Å². The van der Waals surface area contributed by atoms with Crippen LogP contribution in [-0.2, 0) is 0 Å². The molecule has 3 heteroatoms. The van der Waals surface area contributed by atoms with Crippen LogP contribution in [0.1, 0.15) is 35.1 Å². The number of fused-ring (bicyclic) bond motifs is 3. The molecule has 0 amide bonds. The van der Waals surface area contributed by atoms with Crippen molar-refractivity contribution in [1.82, 2.24) is 0 Å². The number of nitrogens with one attached hydrogen (secondary N) is 1. The summed E-state index contributed by atoms with van der Waals surface area (Å²) in [5.41, 5.74) is 4.87. The summed E-state index contributed by atoms with van der Waals surface area (Å²) >= 11 is 12.7. The van der Waals surface area contributed by atoms with Gasteiger partial charge in [-0.3, -0.25) is 0 Å². The first kappa shape index (κ1) is 14.2. The van der Waals surface area contributed by atoms with Crippen molar-refractivity contribution in [3.8, 4) is 0 Å². The van der Waals surface area contributed by atoms with Gasteiger partial charge in [0.15, 0.2) is 0 Å². The van der Waals surface area contributed by atoms with Crippen LogP contribution in [0, 0.1) is 12.8 Å². The summed E-state index contributed by atoms with van der Waals surface area (Å²) in [6, 6.07) is 12.9. The monoisotopic (exact) mass is 329 g/mol. The third kappa shape index (κ3) is 2.24. The Bertz CT molecular complexity index is 766. The van der Waals surface area contributed by atoms with Crippen LogP contribution in [0.3, 0.4) is 0 Å². The summed E-state index contributed by atoms with van der Waals surface area (Å²) in [6.45, 7) is 2.14. The molecule has 22 heavy (non-hydrogen) atoms. The van der Waals surface area contributed by atoms with E-state index in [1.807, 2.05) is 6.07 Å². The van der Waals surface area contributed by atoms with E-state index in [1.54, 1.807) is 0 Å². The Hall–Kier alpha value is -1.44. The van der Waals surface area contributed by atoms with Gasteiger partial charge in [0.2, 0.25) is 0 Å². The minimum Gasteiger partial charge on any atom is -0.376 e. The molecule has 0 saturated heterocycles. The van der Waals surface area contributed by atoms with E-state index >= 15 is 0 Å². The number of halogens is 2. The Balaban J connectivity index is 1.84. The number of anilines is 1. The van der Waals surface area contributed by atoms with Crippen molar-refractivity contribution in [2.75, 3.05) is 5.32 Å². The van der Waals surface area contributed by atoms with E-state index in [9.17, 15) is 0 Å². The van der Waals surface area contributed by atoms with Gasteiger partial charge in [0, 0.05) is 10.9 Å². The number of allylic oxidation sites excluding steroid dienone is 2. The van der Waals surface area contributed by atoms with Gasteiger partial charge in [-0.25, -0.2) is 0 Å².